The SMILES string of the molecule is Brc1cn[nH]c1CNCc1ccc(CN(Cc2nc3ccccc3[nH]2)C2C=C3C=CC=NC3CC2)cc1. The Kier molecular flexibility index (Phi) is 7.12. The molecule has 4 aromatic rings. The number of allylic oxidation sites excluding steroid dienone is 1. The van der Waals surface area contributed by atoms with Crippen LogP contribution in [0.25, 0.3) is 11.0 Å². The first-order valence-electron chi connectivity index (χ1n) is 12.8. The van der Waals surface area contributed by atoms with Crippen molar-refractivity contribution in [3.05, 3.63) is 106 Å². The van der Waals surface area contributed by atoms with Gasteiger partial charge in [-0.25, -0.2) is 4.98 Å². The second kappa shape index (κ2) is 11.0. The number of hydrogen-bond donors (Lipinski definition) is 3. The first kappa shape index (κ1) is 24.0. The van der Waals surface area contributed by atoms with Crippen molar-refractivity contribution >= 4 is 33.2 Å². The second-order valence-corrected chi connectivity index (χ2v) is 10.6. The van der Waals surface area contributed by atoms with Crippen molar-refractivity contribution in [1.29, 1.82) is 0 Å². The predicted octanol–water partition coefficient (Wildman–Crippen LogP) is 5.44. The molecule has 0 amide bonds. The lowest BCUT2D eigenvalue weighted by Crippen LogP contribution is -2.37. The highest BCUT2D eigenvalue weighted by atomic mass is 79.9. The number of hydrogen-bond acceptors (Lipinski definition) is 5. The highest BCUT2D eigenvalue weighted by Crippen LogP contribution is 2.29. The number of nitrogens with zero attached hydrogens (tertiary/aromatic N) is 4. The van der Waals surface area contributed by atoms with Crippen LogP contribution in [0.3, 0.4) is 0 Å². The largest absolute Gasteiger partial charge is 0.341 e. The number of imidazole rings is 1. The van der Waals surface area contributed by atoms with Gasteiger partial charge in [-0.1, -0.05) is 48.6 Å². The van der Waals surface area contributed by atoms with Gasteiger partial charge in [-0.3, -0.25) is 15.0 Å². The van der Waals surface area contributed by atoms with Crippen LogP contribution in [-0.4, -0.2) is 43.4 Å². The van der Waals surface area contributed by atoms with Crippen LogP contribution < -0.4 is 5.32 Å². The van der Waals surface area contributed by atoms with E-state index in [2.05, 4.69) is 94.9 Å². The fourth-order valence-electron chi connectivity index (χ4n) is 5.15. The van der Waals surface area contributed by atoms with Crippen molar-refractivity contribution in [3.63, 3.8) is 0 Å². The van der Waals surface area contributed by atoms with E-state index in [9.17, 15) is 0 Å². The number of aliphatic imine (C=N–C) groups is 1. The topological polar surface area (TPSA) is 85.0 Å². The van der Waals surface area contributed by atoms with E-state index in [1.54, 1.807) is 6.20 Å². The molecule has 0 saturated heterocycles. The zero-order valence-electron chi connectivity index (χ0n) is 20.6. The molecule has 1 aliphatic carbocycles. The molecule has 2 unspecified atom stereocenters. The van der Waals surface area contributed by atoms with Crippen LogP contribution in [0.1, 0.15) is 35.5 Å². The van der Waals surface area contributed by atoms with Crippen LogP contribution in [0.2, 0.25) is 0 Å². The van der Waals surface area contributed by atoms with Crippen LogP contribution in [0.15, 0.2) is 88.0 Å². The molecular weight excluding hydrogens is 526 g/mol. The molecule has 3 heterocycles. The van der Waals surface area contributed by atoms with Gasteiger partial charge in [0.1, 0.15) is 5.82 Å². The Balaban J connectivity index is 1.17. The lowest BCUT2D eigenvalue weighted by atomic mass is 9.89. The molecule has 2 atom stereocenters. The average Bonchev–Trinajstić information content (AvgIpc) is 3.54. The fourth-order valence-corrected chi connectivity index (χ4v) is 5.48. The summed E-state index contributed by atoms with van der Waals surface area (Å²) in [6.07, 6.45) is 12.5. The summed E-state index contributed by atoms with van der Waals surface area (Å²) < 4.78 is 0.999. The van der Waals surface area contributed by atoms with Gasteiger partial charge in [0.25, 0.3) is 0 Å². The molecule has 1 aliphatic heterocycles. The third-order valence-electron chi connectivity index (χ3n) is 7.11. The molecule has 0 spiro atoms. The Bertz CT molecular complexity index is 1410. The Morgan fingerprint density at radius 1 is 1.00 bits per heavy atom. The summed E-state index contributed by atoms with van der Waals surface area (Å²) in [7, 11) is 0. The monoisotopic (exact) mass is 555 g/mol. The zero-order valence-corrected chi connectivity index (χ0v) is 22.2. The summed E-state index contributed by atoms with van der Waals surface area (Å²) in [6.45, 7) is 3.17. The number of fused-ring (bicyclic) bond motifs is 2. The highest BCUT2D eigenvalue weighted by Gasteiger charge is 2.26. The van der Waals surface area contributed by atoms with E-state index in [0.29, 0.717) is 12.1 Å². The van der Waals surface area contributed by atoms with E-state index in [1.165, 1.54) is 16.7 Å². The molecule has 37 heavy (non-hydrogen) atoms. The molecule has 8 heteroatoms. The number of aromatic nitrogens is 4. The molecule has 3 N–H and O–H groups in total. The first-order chi connectivity index (χ1) is 18.2. The van der Waals surface area contributed by atoms with Crippen LogP contribution in [0.5, 0.6) is 0 Å². The van der Waals surface area contributed by atoms with E-state index in [4.69, 9.17) is 4.98 Å². The number of dihydropyridines is 1. The number of benzene rings is 2. The maximum Gasteiger partial charge on any atom is 0.121 e. The molecule has 0 saturated carbocycles. The standard InChI is InChI=1S/C29H30BrN7/c30-24-16-33-36-28(24)17-31-15-20-7-9-21(10-8-20)18-37(19-29-34-26-5-1-2-6-27(26)35-29)23-11-12-25-22(14-23)4-3-13-32-25/h1-10,13-14,16,23,25,31H,11-12,15,17-19H2,(H,33,36)(H,34,35). The lowest BCUT2D eigenvalue weighted by molar-refractivity contribution is 0.188. The van der Waals surface area contributed by atoms with Gasteiger partial charge < -0.3 is 10.3 Å². The van der Waals surface area contributed by atoms with Crippen LogP contribution in [-0.2, 0) is 26.2 Å². The van der Waals surface area contributed by atoms with E-state index < -0.39 is 0 Å². The number of aromatic amines is 2. The van der Waals surface area contributed by atoms with Crippen molar-refractivity contribution in [2.45, 2.75) is 51.1 Å². The number of rotatable bonds is 9. The molecule has 6 rings (SSSR count). The average molecular weight is 557 g/mol. The second-order valence-electron chi connectivity index (χ2n) is 9.71. The Morgan fingerprint density at radius 2 is 1.86 bits per heavy atom. The molecule has 0 fully saturated rings. The maximum atomic E-state index is 4.87. The van der Waals surface area contributed by atoms with Gasteiger partial charge in [0.05, 0.1) is 40.0 Å². The lowest BCUT2D eigenvalue weighted by Gasteiger charge is -2.34. The van der Waals surface area contributed by atoms with Gasteiger partial charge in [-0.05, 0) is 63.7 Å². The Morgan fingerprint density at radius 3 is 2.70 bits per heavy atom. The highest BCUT2D eigenvalue weighted by molar-refractivity contribution is 9.10. The van der Waals surface area contributed by atoms with Gasteiger partial charge in [0.2, 0.25) is 0 Å². The van der Waals surface area contributed by atoms with E-state index >= 15 is 0 Å². The summed E-state index contributed by atoms with van der Waals surface area (Å²) in [5.74, 6) is 1.00. The smallest absolute Gasteiger partial charge is 0.121 e. The number of nitrogens with one attached hydrogen (secondary N) is 3. The number of halogens is 1. The van der Waals surface area contributed by atoms with Gasteiger partial charge >= 0.3 is 0 Å². The number of para-hydroxylation sites is 2. The van der Waals surface area contributed by atoms with Crippen LogP contribution >= 0.6 is 15.9 Å². The molecule has 0 bridgehead atoms. The van der Waals surface area contributed by atoms with E-state index in [1.807, 2.05) is 24.4 Å². The molecule has 2 aromatic heterocycles. The van der Waals surface area contributed by atoms with Gasteiger partial charge in [-0.2, -0.15) is 5.10 Å². The minimum atomic E-state index is 0.309. The minimum absolute atomic E-state index is 0.309. The van der Waals surface area contributed by atoms with Crippen molar-refractivity contribution in [1.82, 2.24) is 30.4 Å². The number of H-pyrrole nitrogens is 2. The molecule has 7 nitrogen and oxygen atoms in total. The van der Waals surface area contributed by atoms with Crippen LogP contribution in [0, 0.1) is 0 Å². The van der Waals surface area contributed by atoms with Gasteiger partial charge in [0, 0.05) is 31.9 Å². The molecule has 2 aliphatic rings. The van der Waals surface area contributed by atoms with Crippen molar-refractivity contribution in [3.8, 4) is 0 Å². The molecule has 0 radical (unpaired) electrons. The summed E-state index contributed by atoms with van der Waals surface area (Å²) in [4.78, 5) is 15.6. The van der Waals surface area contributed by atoms with Gasteiger partial charge in [0.15, 0.2) is 0 Å². The summed E-state index contributed by atoms with van der Waals surface area (Å²) >= 11 is 3.51. The molecular formula is C29H30BrN7. The van der Waals surface area contributed by atoms with Crippen molar-refractivity contribution < 1.29 is 0 Å². The Labute approximate surface area is 224 Å². The zero-order chi connectivity index (χ0) is 25.0. The van der Waals surface area contributed by atoms with Crippen molar-refractivity contribution in [2.75, 3.05) is 0 Å². The third-order valence-corrected chi connectivity index (χ3v) is 7.80. The Hall–Kier alpha value is -3.33. The first-order valence-corrected chi connectivity index (χ1v) is 13.6. The minimum Gasteiger partial charge on any atom is -0.341 e. The summed E-state index contributed by atoms with van der Waals surface area (Å²) in [6, 6.07) is 17.8. The summed E-state index contributed by atoms with van der Waals surface area (Å²) in [5.41, 5.74) is 7.05. The molecule has 188 valence electrons. The fraction of sp³-hybridized carbons (Fsp3) is 0.276. The van der Waals surface area contributed by atoms with Crippen molar-refractivity contribution in [2.24, 2.45) is 4.99 Å². The normalized spacial score (nSPS) is 18.9. The van der Waals surface area contributed by atoms with Crippen LogP contribution in [0.4, 0.5) is 0 Å². The van der Waals surface area contributed by atoms with E-state index in [0.717, 1.165) is 66.0 Å². The third kappa shape index (κ3) is 5.66. The van der Waals surface area contributed by atoms with Gasteiger partial charge in [-0.15, -0.1) is 0 Å². The predicted molar refractivity (Wildman–Crippen MR) is 151 cm³/mol. The summed E-state index contributed by atoms with van der Waals surface area (Å²) in [5, 5.41) is 10.5. The molecule has 2 aromatic carbocycles. The van der Waals surface area contributed by atoms with E-state index in [-0.39, 0.29) is 0 Å². The quantitative estimate of drug-likeness (QED) is 0.257. The maximum absolute atomic E-state index is 4.87.